The van der Waals surface area contributed by atoms with Crippen molar-refractivity contribution in [3.63, 3.8) is 0 Å². The Morgan fingerprint density at radius 3 is 2.45 bits per heavy atom. The molecule has 3 aromatic rings. The molecule has 0 bridgehead atoms. The van der Waals surface area contributed by atoms with E-state index in [2.05, 4.69) is 16.0 Å². The predicted molar refractivity (Wildman–Crippen MR) is 124 cm³/mol. The monoisotopic (exact) mass is 447 g/mol. The number of hydrazine groups is 1. The van der Waals surface area contributed by atoms with Gasteiger partial charge in [-0.3, -0.25) is 30.0 Å². The molecule has 0 atom stereocenters. The van der Waals surface area contributed by atoms with Gasteiger partial charge in [0.25, 0.3) is 17.4 Å². The highest BCUT2D eigenvalue weighted by molar-refractivity contribution is 6.08. The summed E-state index contributed by atoms with van der Waals surface area (Å²) < 4.78 is 1.26. The molecule has 1 fully saturated rings. The first-order valence-electron chi connectivity index (χ1n) is 10.9. The minimum atomic E-state index is -0.643. The quantitative estimate of drug-likeness (QED) is 0.583. The molecular formula is C24H25N5O4. The van der Waals surface area contributed by atoms with Crippen molar-refractivity contribution in [3.8, 4) is 0 Å². The minimum absolute atomic E-state index is 0.0363. The molecule has 170 valence electrons. The Balaban J connectivity index is 1.60. The molecule has 2 aromatic carbocycles. The fourth-order valence-corrected chi connectivity index (χ4v) is 3.98. The van der Waals surface area contributed by atoms with Crippen LogP contribution in [0.25, 0.3) is 10.8 Å². The summed E-state index contributed by atoms with van der Waals surface area (Å²) in [7, 11) is 0. The van der Waals surface area contributed by atoms with Crippen LogP contribution >= 0.6 is 0 Å². The number of aryl methyl sites for hydroxylation is 2. The van der Waals surface area contributed by atoms with Crippen LogP contribution in [0.15, 0.2) is 47.3 Å². The average Bonchev–Trinajstić information content (AvgIpc) is 3.24. The van der Waals surface area contributed by atoms with Gasteiger partial charge in [-0.1, -0.05) is 36.8 Å². The van der Waals surface area contributed by atoms with Crippen LogP contribution in [-0.2, 0) is 11.3 Å². The lowest BCUT2D eigenvalue weighted by Gasteiger charge is -2.20. The summed E-state index contributed by atoms with van der Waals surface area (Å²) in [4.78, 5) is 52.4. The number of fused-ring (bicyclic) bond motifs is 1. The second-order valence-corrected chi connectivity index (χ2v) is 8.00. The van der Waals surface area contributed by atoms with E-state index in [-0.39, 0.29) is 17.2 Å². The van der Waals surface area contributed by atoms with Crippen LogP contribution in [0.4, 0.5) is 5.69 Å². The van der Waals surface area contributed by atoms with Gasteiger partial charge in [-0.05, 0) is 38.0 Å². The Kier molecular flexibility index (Phi) is 6.21. The summed E-state index contributed by atoms with van der Waals surface area (Å²) in [5, 5.41) is 5.02. The van der Waals surface area contributed by atoms with Crippen LogP contribution in [0.5, 0.6) is 0 Å². The van der Waals surface area contributed by atoms with Crippen LogP contribution < -0.4 is 21.3 Å². The highest BCUT2D eigenvalue weighted by atomic mass is 16.2. The molecule has 3 amide bonds. The van der Waals surface area contributed by atoms with Gasteiger partial charge in [-0.2, -0.15) is 5.10 Å². The molecule has 1 aromatic heterocycles. The van der Waals surface area contributed by atoms with E-state index in [0.717, 1.165) is 12.0 Å². The Morgan fingerprint density at radius 1 is 1.03 bits per heavy atom. The molecule has 0 radical (unpaired) electrons. The molecule has 1 saturated heterocycles. The molecule has 4 rings (SSSR count). The molecular weight excluding hydrogens is 422 g/mol. The van der Waals surface area contributed by atoms with Gasteiger partial charge >= 0.3 is 0 Å². The molecule has 2 N–H and O–H groups in total. The molecule has 2 heterocycles. The third-order valence-electron chi connectivity index (χ3n) is 5.57. The van der Waals surface area contributed by atoms with Gasteiger partial charge in [0, 0.05) is 24.9 Å². The molecule has 0 saturated carbocycles. The third-order valence-corrected chi connectivity index (χ3v) is 5.57. The number of rotatable bonds is 5. The lowest BCUT2D eigenvalue weighted by atomic mass is 10.1. The van der Waals surface area contributed by atoms with Crippen molar-refractivity contribution >= 4 is 34.2 Å². The van der Waals surface area contributed by atoms with Gasteiger partial charge in [-0.15, -0.1) is 0 Å². The zero-order valence-corrected chi connectivity index (χ0v) is 18.6. The first kappa shape index (κ1) is 22.2. The van der Waals surface area contributed by atoms with Crippen LogP contribution in [0, 0.1) is 6.92 Å². The van der Waals surface area contributed by atoms with Gasteiger partial charge in [0.15, 0.2) is 5.69 Å². The molecule has 1 aliphatic heterocycles. The largest absolute Gasteiger partial charge is 0.312 e. The maximum absolute atomic E-state index is 13.0. The first-order valence-corrected chi connectivity index (χ1v) is 10.9. The number of aromatic nitrogens is 2. The summed E-state index contributed by atoms with van der Waals surface area (Å²) in [5.41, 5.74) is 6.25. The fourth-order valence-electron chi connectivity index (χ4n) is 3.98. The van der Waals surface area contributed by atoms with Gasteiger partial charge in [0.1, 0.15) is 0 Å². The summed E-state index contributed by atoms with van der Waals surface area (Å²) in [5.74, 6) is -1.23. The minimum Gasteiger partial charge on any atom is -0.312 e. The number of carbonyl (C=O) groups is 3. The number of anilines is 1. The molecule has 9 nitrogen and oxygen atoms in total. The lowest BCUT2D eigenvalue weighted by Crippen LogP contribution is -2.43. The summed E-state index contributed by atoms with van der Waals surface area (Å²) in [6, 6.07) is 12.0. The zero-order chi connectivity index (χ0) is 23.5. The number of hydrogen-bond acceptors (Lipinski definition) is 5. The van der Waals surface area contributed by atoms with Gasteiger partial charge in [0.2, 0.25) is 5.91 Å². The van der Waals surface area contributed by atoms with Gasteiger partial charge in [-0.25, -0.2) is 4.68 Å². The highest BCUT2D eigenvalue weighted by Gasteiger charge is 2.26. The Morgan fingerprint density at radius 2 is 1.76 bits per heavy atom. The average molecular weight is 447 g/mol. The number of nitrogens with zero attached hydrogens (tertiary/aromatic N) is 3. The Hall–Kier alpha value is -4.01. The van der Waals surface area contributed by atoms with Crippen molar-refractivity contribution in [3.05, 3.63) is 69.6 Å². The number of amides is 3. The standard InChI is InChI=1S/C24H25N5O4/c1-3-12-29-24(33)17-8-5-4-7-16(17)21(27-29)23(32)26-25-22(31)18-14-15(2)10-11-19(18)28-13-6-9-20(28)30/h4-5,7-8,10-11,14H,3,6,9,12-13H2,1-2H3,(H,25,31)(H,26,32). The van der Waals surface area contributed by atoms with Crippen LogP contribution in [0.3, 0.4) is 0 Å². The number of hydrogen-bond donors (Lipinski definition) is 2. The van der Waals surface area contributed by atoms with E-state index in [1.165, 1.54) is 4.68 Å². The Bertz CT molecular complexity index is 1310. The summed E-state index contributed by atoms with van der Waals surface area (Å²) in [6.45, 7) is 4.67. The van der Waals surface area contributed by atoms with E-state index in [1.807, 2.05) is 19.9 Å². The smallest absolute Gasteiger partial charge is 0.290 e. The molecule has 0 unspecified atom stereocenters. The third kappa shape index (κ3) is 4.34. The summed E-state index contributed by atoms with van der Waals surface area (Å²) in [6.07, 6.45) is 1.85. The predicted octanol–water partition coefficient (Wildman–Crippen LogP) is 2.32. The number of carbonyl (C=O) groups excluding carboxylic acids is 3. The second kappa shape index (κ2) is 9.23. The van der Waals surface area contributed by atoms with Crippen molar-refractivity contribution in [1.82, 2.24) is 20.6 Å². The van der Waals surface area contributed by atoms with E-state index in [4.69, 9.17) is 0 Å². The van der Waals surface area contributed by atoms with Crippen molar-refractivity contribution in [2.45, 2.75) is 39.7 Å². The zero-order valence-electron chi connectivity index (χ0n) is 18.6. The molecule has 1 aliphatic rings. The fraction of sp³-hybridized carbons (Fsp3) is 0.292. The van der Waals surface area contributed by atoms with E-state index < -0.39 is 11.8 Å². The van der Waals surface area contributed by atoms with Gasteiger partial charge < -0.3 is 4.90 Å². The maximum Gasteiger partial charge on any atom is 0.290 e. The van der Waals surface area contributed by atoms with Gasteiger partial charge in [0.05, 0.1) is 16.6 Å². The highest BCUT2D eigenvalue weighted by Crippen LogP contribution is 2.26. The lowest BCUT2D eigenvalue weighted by molar-refractivity contribution is -0.117. The SMILES string of the molecule is CCCn1nc(C(=O)NNC(=O)c2cc(C)ccc2N2CCCC2=O)c2ccccc2c1=O. The van der Waals surface area contributed by atoms with Crippen LogP contribution in [0.2, 0.25) is 0 Å². The molecule has 0 aliphatic carbocycles. The number of benzene rings is 2. The van der Waals surface area contributed by atoms with E-state index >= 15 is 0 Å². The second-order valence-electron chi connectivity index (χ2n) is 8.00. The number of nitrogens with one attached hydrogen (secondary N) is 2. The van der Waals surface area contributed by atoms with E-state index in [0.29, 0.717) is 48.0 Å². The molecule has 9 heteroatoms. The van der Waals surface area contributed by atoms with E-state index in [1.54, 1.807) is 41.3 Å². The molecule has 33 heavy (non-hydrogen) atoms. The Labute approximate surface area is 190 Å². The maximum atomic E-state index is 13.0. The topological polar surface area (TPSA) is 113 Å². The van der Waals surface area contributed by atoms with Crippen molar-refractivity contribution < 1.29 is 14.4 Å². The van der Waals surface area contributed by atoms with Crippen LogP contribution in [0.1, 0.15) is 52.6 Å². The van der Waals surface area contributed by atoms with E-state index in [9.17, 15) is 19.2 Å². The summed E-state index contributed by atoms with van der Waals surface area (Å²) >= 11 is 0. The first-order chi connectivity index (χ1) is 15.9. The van der Waals surface area contributed by atoms with Crippen molar-refractivity contribution in [2.75, 3.05) is 11.4 Å². The van der Waals surface area contributed by atoms with Crippen molar-refractivity contribution in [1.29, 1.82) is 0 Å². The van der Waals surface area contributed by atoms with Crippen molar-refractivity contribution in [2.24, 2.45) is 0 Å². The normalized spacial score (nSPS) is 13.4. The van der Waals surface area contributed by atoms with Crippen LogP contribution in [-0.4, -0.2) is 34.0 Å². The molecule has 0 spiro atoms.